The van der Waals surface area contributed by atoms with E-state index in [2.05, 4.69) is 5.32 Å². The number of benzene rings is 2. The topological polar surface area (TPSA) is 58.6 Å². The number of nitrogens with one attached hydrogen (secondary N) is 1. The second-order valence-electron chi connectivity index (χ2n) is 6.11. The molecule has 2 amide bonds. The quantitative estimate of drug-likeness (QED) is 0.861. The molecule has 2 aromatic carbocycles. The predicted octanol–water partition coefficient (Wildman–Crippen LogP) is 3.53. The van der Waals surface area contributed by atoms with E-state index in [1.165, 1.54) is 18.2 Å². The number of carbonyl (C=O) groups is 2. The van der Waals surface area contributed by atoms with Crippen molar-refractivity contribution in [1.29, 1.82) is 0 Å². The van der Waals surface area contributed by atoms with Crippen LogP contribution in [0.15, 0.2) is 42.5 Å². The molecule has 1 fully saturated rings. The van der Waals surface area contributed by atoms with E-state index in [0.29, 0.717) is 24.5 Å². The Labute approximate surface area is 151 Å². The van der Waals surface area contributed by atoms with Crippen molar-refractivity contribution in [3.63, 3.8) is 0 Å². The van der Waals surface area contributed by atoms with Gasteiger partial charge in [-0.15, -0.1) is 0 Å². The zero-order chi connectivity index (χ0) is 18.5. The third-order valence-electron chi connectivity index (χ3n) is 4.20. The summed E-state index contributed by atoms with van der Waals surface area (Å²) in [7, 11) is 0. The number of ether oxygens (including phenoxy) is 1. The average molecular weight is 356 g/mol. The van der Waals surface area contributed by atoms with E-state index in [1.807, 2.05) is 24.3 Å². The van der Waals surface area contributed by atoms with E-state index in [4.69, 9.17) is 4.74 Å². The summed E-state index contributed by atoms with van der Waals surface area (Å²) in [5.74, 6) is -0.194. The van der Waals surface area contributed by atoms with Crippen LogP contribution < -0.4 is 15.0 Å². The maximum absolute atomic E-state index is 13.3. The lowest BCUT2D eigenvalue weighted by Gasteiger charge is -2.16. The van der Waals surface area contributed by atoms with Crippen molar-refractivity contribution in [2.45, 2.75) is 26.2 Å². The lowest BCUT2D eigenvalue weighted by molar-refractivity contribution is -0.117. The molecule has 0 spiro atoms. The van der Waals surface area contributed by atoms with Crippen LogP contribution in [0.25, 0.3) is 0 Å². The number of hydrogen-bond donors (Lipinski definition) is 1. The van der Waals surface area contributed by atoms with Crippen molar-refractivity contribution in [1.82, 2.24) is 0 Å². The monoisotopic (exact) mass is 356 g/mol. The van der Waals surface area contributed by atoms with E-state index < -0.39 is 5.82 Å². The van der Waals surface area contributed by atoms with E-state index >= 15 is 0 Å². The molecule has 0 unspecified atom stereocenters. The van der Waals surface area contributed by atoms with Gasteiger partial charge in [0, 0.05) is 24.7 Å². The normalized spacial score (nSPS) is 13.8. The molecule has 1 aliphatic heterocycles. The number of anilines is 2. The fourth-order valence-corrected chi connectivity index (χ4v) is 2.97. The van der Waals surface area contributed by atoms with Crippen LogP contribution in [0.3, 0.4) is 0 Å². The highest BCUT2D eigenvalue weighted by Crippen LogP contribution is 2.26. The zero-order valence-corrected chi connectivity index (χ0v) is 14.6. The van der Waals surface area contributed by atoms with Crippen LogP contribution >= 0.6 is 0 Å². The molecular formula is C20H21FN2O3. The number of halogens is 1. The smallest absolute Gasteiger partial charge is 0.228 e. The summed E-state index contributed by atoms with van der Waals surface area (Å²) in [6, 6.07) is 11.4. The van der Waals surface area contributed by atoms with Crippen molar-refractivity contribution in [2.75, 3.05) is 23.4 Å². The first-order chi connectivity index (χ1) is 12.6. The van der Waals surface area contributed by atoms with Gasteiger partial charge in [0.25, 0.3) is 0 Å². The number of carbonyl (C=O) groups excluding carboxylic acids is 2. The maximum Gasteiger partial charge on any atom is 0.228 e. The Morgan fingerprint density at radius 2 is 2.00 bits per heavy atom. The molecule has 26 heavy (non-hydrogen) atoms. The molecule has 5 nitrogen and oxygen atoms in total. The van der Waals surface area contributed by atoms with Gasteiger partial charge in [-0.05, 0) is 43.2 Å². The van der Waals surface area contributed by atoms with Gasteiger partial charge in [0.2, 0.25) is 11.8 Å². The standard InChI is InChI=1S/C20H21FN2O3/c1-2-26-18-13-15(21)7-10-17(18)22-19(24)12-14-5-8-16(9-6-14)23-11-3-4-20(23)25/h5-10,13H,2-4,11-12H2,1H3,(H,22,24). The Hall–Kier alpha value is -2.89. The van der Waals surface area contributed by atoms with E-state index in [0.717, 1.165) is 24.2 Å². The van der Waals surface area contributed by atoms with Crippen LogP contribution in [0.1, 0.15) is 25.3 Å². The number of hydrogen-bond acceptors (Lipinski definition) is 3. The Morgan fingerprint density at radius 3 is 2.65 bits per heavy atom. The summed E-state index contributed by atoms with van der Waals surface area (Å²) >= 11 is 0. The SMILES string of the molecule is CCOc1cc(F)ccc1NC(=O)Cc1ccc(N2CCCC2=O)cc1. The van der Waals surface area contributed by atoms with Crippen LogP contribution in [-0.2, 0) is 16.0 Å². The second kappa shape index (κ2) is 7.99. The van der Waals surface area contributed by atoms with Gasteiger partial charge in [-0.1, -0.05) is 12.1 Å². The van der Waals surface area contributed by atoms with Gasteiger partial charge >= 0.3 is 0 Å². The molecule has 1 N–H and O–H groups in total. The van der Waals surface area contributed by atoms with Crippen molar-refractivity contribution < 1.29 is 18.7 Å². The summed E-state index contributed by atoms with van der Waals surface area (Å²) in [4.78, 5) is 25.8. The lowest BCUT2D eigenvalue weighted by atomic mass is 10.1. The van der Waals surface area contributed by atoms with E-state index in [9.17, 15) is 14.0 Å². The van der Waals surface area contributed by atoms with E-state index in [-0.39, 0.29) is 18.2 Å². The molecule has 3 rings (SSSR count). The molecule has 2 aromatic rings. The maximum atomic E-state index is 13.3. The Morgan fingerprint density at radius 1 is 1.23 bits per heavy atom. The second-order valence-corrected chi connectivity index (χ2v) is 6.11. The predicted molar refractivity (Wildman–Crippen MR) is 97.9 cm³/mol. The van der Waals surface area contributed by atoms with Crippen molar-refractivity contribution in [3.8, 4) is 5.75 Å². The highest BCUT2D eigenvalue weighted by molar-refractivity contribution is 5.96. The summed E-state index contributed by atoms with van der Waals surface area (Å²) in [6.07, 6.45) is 1.64. The molecule has 1 saturated heterocycles. The van der Waals surface area contributed by atoms with Gasteiger partial charge < -0.3 is 15.0 Å². The zero-order valence-electron chi connectivity index (χ0n) is 14.6. The Balaban J connectivity index is 1.64. The molecule has 0 bridgehead atoms. The highest BCUT2D eigenvalue weighted by Gasteiger charge is 2.21. The molecule has 0 radical (unpaired) electrons. The molecule has 136 valence electrons. The Kier molecular flexibility index (Phi) is 5.51. The molecule has 0 saturated carbocycles. The molecule has 0 aromatic heterocycles. The molecular weight excluding hydrogens is 335 g/mol. The van der Waals surface area contributed by atoms with Crippen molar-refractivity contribution in [3.05, 3.63) is 53.8 Å². The Bertz CT molecular complexity index is 805. The number of rotatable bonds is 6. The first-order valence-corrected chi connectivity index (χ1v) is 8.68. The first kappa shape index (κ1) is 17.9. The summed E-state index contributed by atoms with van der Waals surface area (Å²) in [5, 5.41) is 2.75. The van der Waals surface area contributed by atoms with Gasteiger partial charge in [0.05, 0.1) is 18.7 Å². The van der Waals surface area contributed by atoms with Gasteiger partial charge in [-0.3, -0.25) is 9.59 Å². The summed E-state index contributed by atoms with van der Waals surface area (Å²) < 4.78 is 18.7. The highest BCUT2D eigenvalue weighted by atomic mass is 19.1. The molecule has 0 aliphatic carbocycles. The molecule has 1 heterocycles. The van der Waals surface area contributed by atoms with Gasteiger partial charge in [0.1, 0.15) is 11.6 Å². The number of nitrogens with zero attached hydrogens (tertiary/aromatic N) is 1. The molecule has 6 heteroatoms. The van der Waals surface area contributed by atoms with Gasteiger partial charge in [-0.25, -0.2) is 4.39 Å². The fourth-order valence-electron chi connectivity index (χ4n) is 2.97. The van der Waals surface area contributed by atoms with Crippen LogP contribution in [-0.4, -0.2) is 25.0 Å². The van der Waals surface area contributed by atoms with Gasteiger partial charge in [-0.2, -0.15) is 0 Å². The average Bonchev–Trinajstić information content (AvgIpc) is 3.04. The van der Waals surface area contributed by atoms with Crippen LogP contribution in [0.4, 0.5) is 15.8 Å². The molecule has 1 aliphatic rings. The van der Waals surface area contributed by atoms with Crippen molar-refractivity contribution in [2.24, 2.45) is 0 Å². The minimum Gasteiger partial charge on any atom is -0.492 e. The van der Waals surface area contributed by atoms with Crippen LogP contribution in [0.5, 0.6) is 5.75 Å². The minimum atomic E-state index is -0.418. The third kappa shape index (κ3) is 4.20. The lowest BCUT2D eigenvalue weighted by Crippen LogP contribution is -2.23. The molecule has 0 atom stereocenters. The van der Waals surface area contributed by atoms with E-state index in [1.54, 1.807) is 11.8 Å². The van der Waals surface area contributed by atoms with Crippen molar-refractivity contribution >= 4 is 23.2 Å². The third-order valence-corrected chi connectivity index (χ3v) is 4.20. The van der Waals surface area contributed by atoms with Gasteiger partial charge in [0.15, 0.2) is 0 Å². The van der Waals surface area contributed by atoms with Crippen LogP contribution in [0.2, 0.25) is 0 Å². The number of amides is 2. The summed E-state index contributed by atoms with van der Waals surface area (Å²) in [5.41, 5.74) is 2.13. The first-order valence-electron chi connectivity index (χ1n) is 8.68. The largest absolute Gasteiger partial charge is 0.492 e. The summed E-state index contributed by atoms with van der Waals surface area (Å²) in [6.45, 7) is 2.91. The minimum absolute atomic E-state index is 0.134. The fraction of sp³-hybridized carbons (Fsp3) is 0.300. The van der Waals surface area contributed by atoms with Crippen LogP contribution in [0, 0.1) is 5.82 Å².